The van der Waals surface area contributed by atoms with Gasteiger partial charge in [0, 0.05) is 0 Å². The van der Waals surface area contributed by atoms with Crippen molar-refractivity contribution >= 4 is 18.2 Å². The van der Waals surface area contributed by atoms with E-state index in [0.29, 0.717) is 12.0 Å². The van der Waals surface area contributed by atoms with Crippen molar-refractivity contribution in [2.75, 3.05) is 0 Å². The Bertz CT molecular complexity index is 959. The Morgan fingerprint density at radius 2 is 1.35 bits per heavy atom. The standard InChI is InChI=1S/C24H18N2/c25-18-23-12-10-21(11-13-23)5-4-20-6-8-22(9-7-20)14-17-24(19-26)15-2-1-3-16-24/h1-15,17H,16H2. The molecule has 2 aromatic rings. The summed E-state index contributed by atoms with van der Waals surface area (Å²) >= 11 is 0. The van der Waals surface area contributed by atoms with Crippen molar-refractivity contribution in [3.05, 3.63) is 101 Å². The predicted molar refractivity (Wildman–Crippen MR) is 107 cm³/mol. The Kier molecular flexibility index (Phi) is 5.28. The first kappa shape index (κ1) is 17.2. The molecule has 0 aliphatic heterocycles. The van der Waals surface area contributed by atoms with Gasteiger partial charge in [-0.15, -0.1) is 0 Å². The Morgan fingerprint density at radius 1 is 0.769 bits per heavy atom. The molecule has 0 aromatic heterocycles. The first-order valence-electron chi connectivity index (χ1n) is 8.46. The fourth-order valence-electron chi connectivity index (χ4n) is 2.71. The molecule has 0 spiro atoms. The first-order valence-corrected chi connectivity index (χ1v) is 8.46. The highest BCUT2D eigenvalue weighted by Crippen LogP contribution is 2.29. The third kappa shape index (κ3) is 4.26. The van der Waals surface area contributed by atoms with E-state index in [9.17, 15) is 5.26 Å². The summed E-state index contributed by atoms with van der Waals surface area (Å²) in [6.45, 7) is 0. The quantitative estimate of drug-likeness (QED) is 0.667. The van der Waals surface area contributed by atoms with Gasteiger partial charge < -0.3 is 0 Å². The van der Waals surface area contributed by atoms with Crippen molar-refractivity contribution in [3.63, 3.8) is 0 Å². The molecule has 0 amide bonds. The van der Waals surface area contributed by atoms with Crippen LogP contribution in [-0.2, 0) is 0 Å². The summed E-state index contributed by atoms with van der Waals surface area (Å²) in [5, 5.41) is 18.3. The minimum atomic E-state index is -0.539. The van der Waals surface area contributed by atoms with Crippen LogP contribution in [0.25, 0.3) is 18.2 Å². The van der Waals surface area contributed by atoms with Gasteiger partial charge in [-0.25, -0.2) is 0 Å². The number of allylic oxidation sites excluding steroid dienone is 5. The van der Waals surface area contributed by atoms with Crippen molar-refractivity contribution < 1.29 is 0 Å². The smallest absolute Gasteiger partial charge is 0.0991 e. The molecule has 0 heterocycles. The number of rotatable bonds is 4. The van der Waals surface area contributed by atoms with Crippen LogP contribution in [0.3, 0.4) is 0 Å². The Labute approximate surface area is 154 Å². The summed E-state index contributed by atoms with van der Waals surface area (Å²) in [5.74, 6) is 0. The third-order valence-corrected chi connectivity index (χ3v) is 4.32. The maximum atomic E-state index is 9.46. The van der Waals surface area contributed by atoms with Gasteiger partial charge in [0.05, 0.1) is 23.1 Å². The molecule has 0 saturated carbocycles. The molecule has 2 aromatic carbocycles. The van der Waals surface area contributed by atoms with Crippen molar-refractivity contribution in [2.45, 2.75) is 6.42 Å². The third-order valence-electron chi connectivity index (χ3n) is 4.32. The fourth-order valence-corrected chi connectivity index (χ4v) is 2.71. The highest BCUT2D eigenvalue weighted by Gasteiger charge is 2.22. The van der Waals surface area contributed by atoms with Gasteiger partial charge in [-0.05, 0) is 35.2 Å². The fraction of sp³-hybridized carbons (Fsp3) is 0.0833. The van der Waals surface area contributed by atoms with Crippen LogP contribution in [-0.4, -0.2) is 0 Å². The minimum absolute atomic E-state index is 0.539. The average Bonchev–Trinajstić information content (AvgIpc) is 2.72. The first-order chi connectivity index (χ1) is 12.7. The summed E-state index contributed by atoms with van der Waals surface area (Å²) < 4.78 is 0. The summed E-state index contributed by atoms with van der Waals surface area (Å²) in [5.41, 5.74) is 3.35. The second-order valence-electron chi connectivity index (χ2n) is 6.21. The van der Waals surface area contributed by atoms with Crippen LogP contribution in [0.1, 0.15) is 28.7 Å². The SMILES string of the molecule is N#Cc1ccc(C=Cc2ccc(C=CC3(C#N)C=CC=CC3)cc2)cc1. The highest BCUT2D eigenvalue weighted by molar-refractivity contribution is 5.70. The van der Waals surface area contributed by atoms with Crippen LogP contribution in [0.15, 0.2) is 78.9 Å². The Balaban J connectivity index is 1.68. The minimum Gasteiger partial charge on any atom is -0.197 e. The summed E-state index contributed by atoms with van der Waals surface area (Å²) in [4.78, 5) is 0. The number of benzene rings is 2. The predicted octanol–water partition coefficient (Wildman–Crippen LogP) is 5.77. The van der Waals surface area contributed by atoms with Gasteiger partial charge in [-0.2, -0.15) is 10.5 Å². The molecule has 1 unspecified atom stereocenters. The molecule has 26 heavy (non-hydrogen) atoms. The molecule has 0 bridgehead atoms. The molecular weight excluding hydrogens is 316 g/mol. The maximum Gasteiger partial charge on any atom is 0.0991 e. The number of hydrogen-bond donors (Lipinski definition) is 0. The van der Waals surface area contributed by atoms with Gasteiger partial charge in [-0.3, -0.25) is 0 Å². The van der Waals surface area contributed by atoms with Gasteiger partial charge >= 0.3 is 0 Å². The lowest BCUT2D eigenvalue weighted by molar-refractivity contribution is 0.654. The second kappa shape index (κ2) is 7.97. The number of nitrogens with zero attached hydrogens (tertiary/aromatic N) is 2. The van der Waals surface area contributed by atoms with Crippen LogP contribution < -0.4 is 0 Å². The van der Waals surface area contributed by atoms with Gasteiger partial charge in [-0.1, -0.05) is 85.0 Å². The topological polar surface area (TPSA) is 47.6 Å². The van der Waals surface area contributed by atoms with Crippen LogP contribution >= 0.6 is 0 Å². The Hall–Kier alpha value is -3.62. The Morgan fingerprint density at radius 3 is 1.85 bits per heavy atom. The van der Waals surface area contributed by atoms with Gasteiger partial charge in [0.2, 0.25) is 0 Å². The average molecular weight is 334 g/mol. The van der Waals surface area contributed by atoms with Crippen LogP contribution in [0.2, 0.25) is 0 Å². The van der Waals surface area contributed by atoms with E-state index in [0.717, 1.165) is 16.7 Å². The highest BCUT2D eigenvalue weighted by atomic mass is 14.3. The van der Waals surface area contributed by atoms with Gasteiger partial charge in [0.1, 0.15) is 0 Å². The van der Waals surface area contributed by atoms with E-state index >= 15 is 0 Å². The van der Waals surface area contributed by atoms with Crippen LogP contribution in [0, 0.1) is 28.1 Å². The largest absolute Gasteiger partial charge is 0.197 e. The molecule has 1 aliphatic carbocycles. The molecule has 0 radical (unpaired) electrons. The van der Waals surface area contributed by atoms with Crippen molar-refractivity contribution in [1.29, 1.82) is 10.5 Å². The number of nitriles is 2. The molecule has 2 nitrogen and oxygen atoms in total. The lowest BCUT2D eigenvalue weighted by Crippen LogP contribution is -2.12. The number of hydrogen-bond acceptors (Lipinski definition) is 2. The zero-order chi connectivity index (χ0) is 18.2. The molecule has 124 valence electrons. The maximum absolute atomic E-state index is 9.46. The van der Waals surface area contributed by atoms with Crippen molar-refractivity contribution in [1.82, 2.24) is 0 Å². The molecule has 0 fully saturated rings. The van der Waals surface area contributed by atoms with Gasteiger partial charge in [0.15, 0.2) is 0 Å². The van der Waals surface area contributed by atoms with Gasteiger partial charge in [0.25, 0.3) is 0 Å². The zero-order valence-corrected chi connectivity index (χ0v) is 14.3. The van der Waals surface area contributed by atoms with E-state index in [1.165, 1.54) is 0 Å². The molecule has 3 rings (SSSR count). The van der Waals surface area contributed by atoms with Crippen LogP contribution in [0.4, 0.5) is 0 Å². The van der Waals surface area contributed by atoms with Crippen LogP contribution in [0.5, 0.6) is 0 Å². The summed E-state index contributed by atoms with van der Waals surface area (Å²) in [7, 11) is 0. The van der Waals surface area contributed by atoms with E-state index in [1.807, 2.05) is 85.0 Å². The second-order valence-corrected chi connectivity index (χ2v) is 6.21. The molecule has 1 aliphatic rings. The molecule has 0 N–H and O–H groups in total. The van der Waals surface area contributed by atoms with E-state index in [2.05, 4.69) is 24.3 Å². The normalized spacial score (nSPS) is 18.8. The lowest BCUT2D eigenvalue weighted by Gasteiger charge is -2.18. The van der Waals surface area contributed by atoms with Crippen molar-refractivity contribution in [3.8, 4) is 12.1 Å². The zero-order valence-electron chi connectivity index (χ0n) is 14.3. The summed E-state index contributed by atoms with van der Waals surface area (Å²) in [6, 6.07) is 20.2. The molecule has 1 atom stereocenters. The molecule has 2 heteroatoms. The summed E-state index contributed by atoms with van der Waals surface area (Å²) in [6.07, 6.45) is 16.6. The monoisotopic (exact) mass is 334 g/mol. The van der Waals surface area contributed by atoms with E-state index in [1.54, 1.807) is 0 Å². The van der Waals surface area contributed by atoms with E-state index in [-0.39, 0.29) is 0 Å². The lowest BCUT2D eigenvalue weighted by atomic mass is 9.82. The van der Waals surface area contributed by atoms with E-state index in [4.69, 9.17) is 5.26 Å². The van der Waals surface area contributed by atoms with E-state index < -0.39 is 5.41 Å². The van der Waals surface area contributed by atoms with Crippen molar-refractivity contribution in [2.24, 2.45) is 5.41 Å². The molecular formula is C24H18N2. The molecule has 0 saturated heterocycles.